The van der Waals surface area contributed by atoms with Crippen LogP contribution in [-0.4, -0.2) is 29.3 Å². The van der Waals surface area contributed by atoms with Crippen LogP contribution in [0.5, 0.6) is 0 Å². The van der Waals surface area contributed by atoms with Gasteiger partial charge >= 0.3 is 5.97 Å². The summed E-state index contributed by atoms with van der Waals surface area (Å²) in [5, 5.41) is 2.53. The second-order valence-electron chi connectivity index (χ2n) is 6.05. The molecule has 0 aliphatic rings. The number of amides is 1. The van der Waals surface area contributed by atoms with Crippen molar-refractivity contribution in [1.29, 1.82) is 0 Å². The average molecular weight is 380 g/mol. The number of furan rings is 1. The molecule has 1 aromatic carbocycles. The number of hydrogen-bond acceptors (Lipinski definition) is 5. The minimum atomic E-state index is -0.801. The fraction of sp³-hybridized carbons (Fsp3) is 0.190. The number of H-pyrrole nitrogens is 1. The summed E-state index contributed by atoms with van der Waals surface area (Å²) in [5.41, 5.74) is 1.74. The summed E-state index contributed by atoms with van der Waals surface area (Å²) in [6.07, 6.45) is 1.48. The lowest BCUT2D eigenvalue weighted by Gasteiger charge is -2.08. The van der Waals surface area contributed by atoms with Gasteiger partial charge in [-0.2, -0.15) is 0 Å². The minimum absolute atomic E-state index is 0.0451. The number of hydrogen-bond donors (Lipinski definition) is 2. The molecule has 0 saturated carbocycles. The van der Waals surface area contributed by atoms with Crippen molar-refractivity contribution < 1.29 is 23.5 Å². The molecule has 2 N–H and O–H groups in total. The van der Waals surface area contributed by atoms with Gasteiger partial charge in [-0.15, -0.1) is 0 Å². The summed E-state index contributed by atoms with van der Waals surface area (Å²) in [4.78, 5) is 40.6. The second kappa shape index (κ2) is 8.39. The van der Waals surface area contributed by atoms with Crippen molar-refractivity contribution >= 4 is 17.7 Å². The van der Waals surface area contributed by atoms with E-state index in [4.69, 9.17) is 9.15 Å². The summed E-state index contributed by atoms with van der Waals surface area (Å²) in [5.74, 6) is -1.60. The molecular weight excluding hydrogens is 360 g/mol. The van der Waals surface area contributed by atoms with Crippen LogP contribution in [0.2, 0.25) is 0 Å². The van der Waals surface area contributed by atoms with Crippen LogP contribution in [-0.2, 0) is 16.1 Å². The Balaban J connectivity index is 1.97. The van der Waals surface area contributed by atoms with E-state index in [0.717, 1.165) is 0 Å². The van der Waals surface area contributed by atoms with Gasteiger partial charge in [-0.3, -0.25) is 9.59 Å². The third-order valence-electron chi connectivity index (χ3n) is 4.17. The SMILES string of the molecule is CCOC(=O)c1c(C)[nH]c(C(=O)C(=O)NCc2ccco2)c1-c1ccccc1. The molecule has 0 bridgehead atoms. The van der Waals surface area contributed by atoms with E-state index < -0.39 is 17.7 Å². The third-order valence-corrected chi connectivity index (χ3v) is 4.17. The van der Waals surface area contributed by atoms with E-state index in [1.807, 2.05) is 6.07 Å². The molecule has 3 aromatic rings. The summed E-state index contributed by atoms with van der Waals surface area (Å²) >= 11 is 0. The number of nitrogens with one attached hydrogen (secondary N) is 2. The lowest BCUT2D eigenvalue weighted by atomic mass is 9.98. The number of ketones is 1. The summed E-state index contributed by atoms with van der Waals surface area (Å²) in [6, 6.07) is 12.3. The van der Waals surface area contributed by atoms with Gasteiger partial charge in [0.15, 0.2) is 0 Å². The number of rotatable bonds is 7. The van der Waals surface area contributed by atoms with Gasteiger partial charge in [0.05, 0.1) is 25.0 Å². The third kappa shape index (κ3) is 3.88. The Morgan fingerprint density at radius 3 is 2.50 bits per heavy atom. The largest absolute Gasteiger partial charge is 0.467 e. The molecule has 0 radical (unpaired) electrons. The van der Waals surface area contributed by atoms with Gasteiger partial charge < -0.3 is 19.5 Å². The maximum absolute atomic E-state index is 12.8. The first-order valence-electron chi connectivity index (χ1n) is 8.83. The molecule has 7 nitrogen and oxygen atoms in total. The van der Waals surface area contributed by atoms with Gasteiger partial charge in [0.1, 0.15) is 11.5 Å². The smallest absolute Gasteiger partial charge is 0.340 e. The molecule has 2 heterocycles. The Labute approximate surface area is 161 Å². The Bertz CT molecular complexity index is 987. The highest BCUT2D eigenvalue weighted by atomic mass is 16.5. The molecule has 7 heteroatoms. The number of Topliss-reactive ketones (excluding diaryl/α,β-unsaturated/α-hetero) is 1. The number of benzene rings is 1. The van der Waals surface area contributed by atoms with Gasteiger partial charge in [-0.1, -0.05) is 30.3 Å². The number of carbonyl (C=O) groups excluding carboxylic acids is 3. The standard InChI is InChI=1S/C21H20N2O5/c1-3-27-21(26)16-13(2)23-18(17(16)14-8-5-4-6-9-14)19(24)20(25)22-12-15-10-7-11-28-15/h4-11,23H,3,12H2,1-2H3,(H,22,25). The molecule has 0 fully saturated rings. The normalized spacial score (nSPS) is 10.5. The molecule has 0 aliphatic heterocycles. The van der Waals surface area contributed by atoms with E-state index in [1.165, 1.54) is 6.26 Å². The van der Waals surface area contributed by atoms with E-state index in [1.54, 1.807) is 50.2 Å². The number of aromatic nitrogens is 1. The Morgan fingerprint density at radius 1 is 1.11 bits per heavy atom. The van der Waals surface area contributed by atoms with Gasteiger partial charge in [0.25, 0.3) is 11.7 Å². The molecule has 3 rings (SSSR count). The van der Waals surface area contributed by atoms with Gasteiger partial charge in [-0.25, -0.2) is 4.79 Å². The van der Waals surface area contributed by atoms with Crippen molar-refractivity contribution in [3.8, 4) is 11.1 Å². The number of aromatic amines is 1. The lowest BCUT2D eigenvalue weighted by molar-refractivity contribution is -0.117. The number of carbonyl (C=O) groups is 3. The molecule has 0 atom stereocenters. The van der Waals surface area contributed by atoms with Crippen LogP contribution in [0.25, 0.3) is 11.1 Å². The van der Waals surface area contributed by atoms with Gasteiger partial charge in [-0.05, 0) is 31.5 Å². The predicted octanol–water partition coefficient (Wildman–Crippen LogP) is 3.26. The van der Waals surface area contributed by atoms with Crippen molar-refractivity contribution in [3.05, 3.63) is 71.4 Å². The second-order valence-corrected chi connectivity index (χ2v) is 6.05. The minimum Gasteiger partial charge on any atom is -0.467 e. The summed E-state index contributed by atoms with van der Waals surface area (Å²) in [6.45, 7) is 3.65. The van der Waals surface area contributed by atoms with E-state index >= 15 is 0 Å². The van der Waals surface area contributed by atoms with E-state index in [9.17, 15) is 14.4 Å². The van der Waals surface area contributed by atoms with Crippen LogP contribution >= 0.6 is 0 Å². The maximum atomic E-state index is 12.8. The van der Waals surface area contributed by atoms with Crippen LogP contribution < -0.4 is 5.32 Å². The van der Waals surface area contributed by atoms with Crippen LogP contribution in [0.4, 0.5) is 0 Å². The monoisotopic (exact) mass is 380 g/mol. The summed E-state index contributed by atoms with van der Waals surface area (Å²) < 4.78 is 10.3. The number of esters is 1. The van der Waals surface area contributed by atoms with Crippen molar-refractivity contribution in [3.63, 3.8) is 0 Å². The van der Waals surface area contributed by atoms with Gasteiger partial charge in [0.2, 0.25) is 0 Å². The molecule has 0 saturated heterocycles. The lowest BCUT2D eigenvalue weighted by Crippen LogP contribution is -2.31. The zero-order valence-corrected chi connectivity index (χ0v) is 15.6. The summed E-state index contributed by atoms with van der Waals surface area (Å²) in [7, 11) is 0. The molecule has 2 aromatic heterocycles. The highest BCUT2D eigenvalue weighted by Gasteiger charge is 2.29. The molecule has 0 spiro atoms. The fourth-order valence-electron chi connectivity index (χ4n) is 2.92. The molecule has 0 aliphatic carbocycles. The highest BCUT2D eigenvalue weighted by molar-refractivity contribution is 6.43. The van der Waals surface area contributed by atoms with Crippen molar-refractivity contribution in [1.82, 2.24) is 10.3 Å². The zero-order chi connectivity index (χ0) is 20.1. The molecule has 144 valence electrons. The van der Waals surface area contributed by atoms with E-state index in [2.05, 4.69) is 10.3 Å². The first-order chi connectivity index (χ1) is 13.5. The van der Waals surface area contributed by atoms with Crippen molar-refractivity contribution in [2.45, 2.75) is 20.4 Å². The first-order valence-corrected chi connectivity index (χ1v) is 8.83. The van der Waals surface area contributed by atoms with Gasteiger partial charge in [0, 0.05) is 11.3 Å². The van der Waals surface area contributed by atoms with Crippen molar-refractivity contribution in [2.75, 3.05) is 6.61 Å². The van der Waals surface area contributed by atoms with Crippen LogP contribution in [0, 0.1) is 6.92 Å². The predicted molar refractivity (Wildman–Crippen MR) is 102 cm³/mol. The van der Waals surface area contributed by atoms with E-state index in [-0.39, 0.29) is 24.4 Å². The van der Waals surface area contributed by atoms with Crippen LogP contribution in [0.3, 0.4) is 0 Å². The molecule has 1 amide bonds. The molecule has 0 unspecified atom stereocenters. The Hall–Kier alpha value is -3.61. The first kappa shape index (κ1) is 19.2. The quantitative estimate of drug-likeness (QED) is 0.372. The number of ether oxygens (including phenoxy) is 1. The van der Waals surface area contributed by atoms with Crippen LogP contribution in [0.15, 0.2) is 53.1 Å². The Kier molecular flexibility index (Phi) is 5.74. The topological polar surface area (TPSA) is 101 Å². The molecule has 28 heavy (non-hydrogen) atoms. The maximum Gasteiger partial charge on any atom is 0.340 e. The zero-order valence-electron chi connectivity index (χ0n) is 15.6. The highest BCUT2D eigenvalue weighted by Crippen LogP contribution is 2.31. The van der Waals surface area contributed by atoms with E-state index in [0.29, 0.717) is 22.6 Å². The average Bonchev–Trinajstić information content (AvgIpc) is 3.34. The van der Waals surface area contributed by atoms with Crippen LogP contribution in [0.1, 0.15) is 39.2 Å². The fourth-order valence-corrected chi connectivity index (χ4v) is 2.92. The Morgan fingerprint density at radius 2 is 1.86 bits per heavy atom. The van der Waals surface area contributed by atoms with Crippen molar-refractivity contribution in [2.24, 2.45) is 0 Å². The number of aryl methyl sites for hydroxylation is 1. The molecular formula is C21H20N2O5.